The predicted octanol–water partition coefficient (Wildman–Crippen LogP) is 5.06. The largest absolute Gasteiger partial charge is 0.433 e. The summed E-state index contributed by atoms with van der Waals surface area (Å²) < 4.78 is 43.4. The Hall–Kier alpha value is -2.79. The molecule has 12 heteroatoms. The van der Waals surface area contributed by atoms with Crippen molar-refractivity contribution in [3.8, 4) is 0 Å². The molecule has 5 heterocycles. The Morgan fingerprint density at radius 3 is 2.73 bits per heavy atom. The SMILES string of the molecule is CC[C@H](c1nc2c3sc4nc(C(F)(F)F)cc(C)c4c3ncn2n1)n1cc(Cl)cn1. The second-order valence-corrected chi connectivity index (χ2v) is 8.26. The Labute approximate surface area is 176 Å². The van der Waals surface area contributed by atoms with Crippen LogP contribution in [0.4, 0.5) is 13.2 Å². The molecular weight excluding hydrogens is 439 g/mol. The molecule has 0 bridgehead atoms. The van der Waals surface area contributed by atoms with E-state index in [2.05, 4.69) is 25.1 Å². The van der Waals surface area contributed by atoms with E-state index in [-0.39, 0.29) is 10.9 Å². The monoisotopic (exact) mass is 451 g/mol. The highest BCUT2D eigenvalue weighted by molar-refractivity contribution is 7.26. The van der Waals surface area contributed by atoms with Crippen LogP contribution >= 0.6 is 22.9 Å². The highest BCUT2D eigenvalue weighted by atomic mass is 35.5. The van der Waals surface area contributed by atoms with Gasteiger partial charge in [-0.05, 0) is 25.0 Å². The van der Waals surface area contributed by atoms with E-state index in [1.54, 1.807) is 24.0 Å². The Balaban J connectivity index is 1.73. The molecule has 0 saturated heterocycles. The number of thiophene rings is 1. The van der Waals surface area contributed by atoms with Crippen LogP contribution in [0.5, 0.6) is 0 Å². The lowest BCUT2D eigenvalue weighted by atomic mass is 10.1. The highest BCUT2D eigenvalue weighted by Crippen LogP contribution is 2.38. The molecule has 0 spiro atoms. The molecule has 0 amide bonds. The average molecular weight is 452 g/mol. The van der Waals surface area contributed by atoms with Gasteiger partial charge in [0.15, 0.2) is 11.5 Å². The number of halogens is 4. The third-order valence-corrected chi connectivity index (χ3v) is 6.11. The van der Waals surface area contributed by atoms with E-state index in [1.807, 2.05) is 6.92 Å². The average Bonchev–Trinajstić information content (AvgIpc) is 3.37. The van der Waals surface area contributed by atoms with Gasteiger partial charge in [0.1, 0.15) is 27.6 Å². The smallest absolute Gasteiger partial charge is 0.260 e. The summed E-state index contributed by atoms with van der Waals surface area (Å²) in [5.74, 6) is 0.518. The number of pyridine rings is 1. The third-order valence-electron chi connectivity index (χ3n) is 4.85. The fourth-order valence-corrected chi connectivity index (χ4v) is 4.81. The van der Waals surface area contributed by atoms with Crippen molar-refractivity contribution in [3.63, 3.8) is 0 Å². The van der Waals surface area contributed by atoms with Crippen LogP contribution in [0.25, 0.3) is 26.1 Å². The van der Waals surface area contributed by atoms with E-state index in [9.17, 15) is 13.2 Å². The van der Waals surface area contributed by atoms with E-state index < -0.39 is 11.9 Å². The molecule has 0 N–H and O–H groups in total. The van der Waals surface area contributed by atoms with Crippen LogP contribution in [0.2, 0.25) is 5.02 Å². The van der Waals surface area contributed by atoms with Crippen LogP contribution in [-0.2, 0) is 6.18 Å². The lowest BCUT2D eigenvalue weighted by Gasteiger charge is -2.10. The molecule has 30 heavy (non-hydrogen) atoms. The molecular formula is C18H13ClF3N7S. The van der Waals surface area contributed by atoms with E-state index in [4.69, 9.17) is 11.6 Å². The molecule has 0 aliphatic heterocycles. The summed E-state index contributed by atoms with van der Waals surface area (Å²) in [7, 11) is 0. The molecule has 0 aliphatic rings. The molecule has 7 nitrogen and oxygen atoms in total. The number of hydrogen-bond donors (Lipinski definition) is 0. The number of nitrogens with zero attached hydrogens (tertiary/aromatic N) is 7. The predicted molar refractivity (Wildman–Crippen MR) is 107 cm³/mol. The van der Waals surface area contributed by atoms with Gasteiger partial charge in [-0.25, -0.2) is 19.5 Å². The first-order valence-corrected chi connectivity index (χ1v) is 10.2. The van der Waals surface area contributed by atoms with Gasteiger partial charge < -0.3 is 0 Å². The lowest BCUT2D eigenvalue weighted by Crippen LogP contribution is -2.12. The first-order valence-electron chi connectivity index (χ1n) is 8.98. The van der Waals surface area contributed by atoms with E-state index in [0.29, 0.717) is 44.1 Å². The van der Waals surface area contributed by atoms with Gasteiger partial charge >= 0.3 is 6.18 Å². The van der Waals surface area contributed by atoms with Crippen LogP contribution in [0, 0.1) is 6.92 Å². The molecule has 0 aromatic carbocycles. The number of hydrogen-bond acceptors (Lipinski definition) is 6. The Morgan fingerprint density at radius 1 is 1.27 bits per heavy atom. The third kappa shape index (κ3) is 2.91. The standard InChI is InChI=1S/C18H13ClF3N7S/c1-3-10(28-6-9(19)5-24-28)15-26-16-14-13(23-7-29(16)27-15)12-8(2)4-11(18(20,21)22)25-17(12)30-14/h4-7,10H,3H2,1-2H3/t10-/m1/s1. The minimum atomic E-state index is -4.51. The van der Waals surface area contributed by atoms with Crippen LogP contribution < -0.4 is 0 Å². The van der Waals surface area contributed by atoms with E-state index in [0.717, 1.165) is 17.4 Å². The van der Waals surface area contributed by atoms with Crippen molar-refractivity contribution in [1.82, 2.24) is 34.3 Å². The van der Waals surface area contributed by atoms with E-state index in [1.165, 1.54) is 10.8 Å². The summed E-state index contributed by atoms with van der Waals surface area (Å²) >= 11 is 7.11. The maximum Gasteiger partial charge on any atom is 0.433 e. The molecule has 5 rings (SSSR count). The summed E-state index contributed by atoms with van der Waals surface area (Å²) in [4.78, 5) is 13.2. The van der Waals surface area contributed by atoms with Crippen LogP contribution in [0.3, 0.4) is 0 Å². The van der Waals surface area contributed by atoms with Crippen molar-refractivity contribution in [2.45, 2.75) is 32.5 Å². The fourth-order valence-electron chi connectivity index (χ4n) is 3.49. The summed E-state index contributed by atoms with van der Waals surface area (Å²) in [5.41, 5.74) is 0.629. The summed E-state index contributed by atoms with van der Waals surface area (Å²) in [5, 5.41) is 9.86. The molecule has 0 radical (unpaired) electrons. The van der Waals surface area contributed by atoms with Gasteiger partial charge in [-0.2, -0.15) is 18.3 Å². The maximum absolute atomic E-state index is 13.2. The lowest BCUT2D eigenvalue weighted by molar-refractivity contribution is -0.141. The van der Waals surface area contributed by atoms with Crippen molar-refractivity contribution in [1.29, 1.82) is 0 Å². The minimum absolute atomic E-state index is 0.237. The summed E-state index contributed by atoms with van der Waals surface area (Å²) in [6, 6.07) is 0.808. The summed E-state index contributed by atoms with van der Waals surface area (Å²) in [6.07, 6.45) is 0.909. The van der Waals surface area contributed by atoms with Crippen molar-refractivity contribution in [2.75, 3.05) is 0 Å². The second kappa shape index (κ2) is 6.61. The first kappa shape index (κ1) is 19.2. The fraction of sp³-hybridized carbons (Fsp3) is 0.278. The van der Waals surface area contributed by atoms with Crippen LogP contribution in [0.15, 0.2) is 24.8 Å². The second-order valence-electron chi connectivity index (χ2n) is 6.83. The molecule has 5 aromatic rings. The molecule has 0 saturated carbocycles. The maximum atomic E-state index is 13.2. The number of rotatable bonds is 3. The van der Waals surface area contributed by atoms with Gasteiger partial charge in [0.25, 0.3) is 0 Å². The highest BCUT2D eigenvalue weighted by Gasteiger charge is 2.34. The topological polar surface area (TPSA) is 73.8 Å². The minimum Gasteiger partial charge on any atom is -0.260 e. The van der Waals surface area contributed by atoms with Crippen molar-refractivity contribution in [3.05, 3.63) is 46.9 Å². The van der Waals surface area contributed by atoms with Crippen LogP contribution in [0.1, 0.15) is 36.5 Å². The van der Waals surface area contributed by atoms with Crippen LogP contribution in [-0.4, -0.2) is 34.3 Å². The van der Waals surface area contributed by atoms with Gasteiger partial charge in [0.2, 0.25) is 0 Å². The van der Waals surface area contributed by atoms with Gasteiger partial charge in [-0.15, -0.1) is 16.4 Å². The number of aromatic nitrogens is 7. The zero-order valence-corrected chi connectivity index (χ0v) is 17.2. The van der Waals surface area contributed by atoms with Gasteiger partial charge in [0, 0.05) is 11.6 Å². The zero-order valence-electron chi connectivity index (χ0n) is 15.6. The van der Waals surface area contributed by atoms with Crippen molar-refractivity contribution < 1.29 is 13.2 Å². The number of alkyl halides is 3. The normalized spacial score (nSPS) is 13.7. The van der Waals surface area contributed by atoms with Gasteiger partial charge in [-0.3, -0.25) is 4.68 Å². The molecule has 0 fully saturated rings. The summed E-state index contributed by atoms with van der Waals surface area (Å²) in [6.45, 7) is 3.60. The van der Waals surface area contributed by atoms with E-state index >= 15 is 0 Å². The number of fused-ring (bicyclic) bond motifs is 5. The molecule has 5 aromatic heterocycles. The molecule has 0 aliphatic carbocycles. The molecule has 0 unspecified atom stereocenters. The number of aryl methyl sites for hydroxylation is 1. The first-order chi connectivity index (χ1) is 14.3. The van der Waals surface area contributed by atoms with Gasteiger partial charge in [0.05, 0.1) is 16.7 Å². The quantitative estimate of drug-likeness (QED) is 0.383. The van der Waals surface area contributed by atoms with Crippen molar-refractivity contribution in [2.24, 2.45) is 0 Å². The Kier molecular flexibility index (Phi) is 4.23. The molecule has 154 valence electrons. The van der Waals surface area contributed by atoms with Crippen molar-refractivity contribution >= 4 is 49.0 Å². The molecule has 1 atom stereocenters. The zero-order chi connectivity index (χ0) is 21.2. The van der Waals surface area contributed by atoms with Gasteiger partial charge in [-0.1, -0.05) is 18.5 Å². The Bertz CT molecular complexity index is 1420. The Morgan fingerprint density at radius 2 is 2.07 bits per heavy atom.